The third-order valence-electron chi connectivity index (χ3n) is 5.97. The Kier molecular flexibility index (Phi) is 9.50. The number of carbonyl (C=O) groups is 2. The zero-order valence-corrected chi connectivity index (χ0v) is 22.9. The molecule has 2 amide bonds. The minimum atomic E-state index is -0.652. The first-order valence-corrected chi connectivity index (χ1v) is 12.9. The van der Waals surface area contributed by atoms with Crippen molar-refractivity contribution in [2.24, 2.45) is 5.92 Å². The van der Waals surface area contributed by atoms with Crippen LogP contribution in [0.3, 0.4) is 0 Å². The van der Waals surface area contributed by atoms with E-state index in [9.17, 15) is 14.0 Å². The Morgan fingerprint density at radius 2 is 1.92 bits per heavy atom. The van der Waals surface area contributed by atoms with Gasteiger partial charge in [-0.2, -0.15) is 4.98 Å². The van der Waals surface area contributed by atoms with E-state index in [2.05, 4.69) is 44.7 Å². The van der Waals surface area contributed by atoms with E-state index in [1.807, 2.05) is 0 Å². The number of nitrogens with one attached hydrogen (secondary N) is 3. The molecule has 3 N–H and O–H groups in total. The average Bonchev–Trinajstić information content (AvgIpc) is 2.84. The van der Waals surface area contributed by atoms with Gasteiger partial charge in [0.25, 0.3) is 0 Å². The van der Waals surface area contributed by atoms with Gasteiger partial charge in [0.2, 0.25) is 11.9 Å². The molecule has 10 heteroatoms. The zero-order valence-electron chi connectivity index (χ0n) is 22.9. The lowest BCUT2D eigenvalue weighted by Crippen LogP contribution is -2.52. The number of aromatic nitrogens is 2. The summed E-state index contributed by atoms with van der Waals surface area (Å²) >= 11 is 0. The molecule has 1 aromatic heterocycles. The van der Waals surface area contributed by atoms with Gasteiger partial charge in [-0.05, 0) is 71.2 Å². The van der Waals surface area contributed by atoms with Crippen LogP contribution in [-0.4, -0.2) is 58.1 Å². The van der Waals surface area contributed by atoms with Gasteiger partial charge in [-0.3, -0.25) is 9.69 Å². The summed E-state index contributed by atoms with van der Waals surface area (Å²) in [6.45, 7) is 9.82. The van der Waals surface area contributed by atoms with Gasteiger partial charge in [0.15, 0.2) is 0 Å². The molecule has 1 aliphatic carbocycles. The van der Waals surface area contributed by atoms with Crippen molar-refractivity contribution in [3.63, 3.8) is 0 Å². The highest BCUT2D eigenvalue weighted by atomic mass is 19.1. The van der Waals surface area contributed by atoms with Crippen LogP contribution in [0.15, 0.2) is 30.5 Å². The van der Waals surface area contributed by atoms with E-state index >= 15 is 0 Å². The van der Waals surface area contributed by atoms with Gasteiger partial charge in [0.05, 0.1) is 11.8 Å². The van der Waals surface area contributed by atoms with E-state index in [0.29, 0.717) is 23.0 Å². The third kappa shape index (κ3) is 8.33. The van der Waals surface area contributed by atoms with Crippen LogP contribution in [0.4, 0.5) is 26.6 Å². The van der Waals surface area contributed by atoms with Gasteiger partial charge in [0, 0.05) is 31.2 Å². The second-order valence-electron chi connectivity index (χ2n) is 10.4. The molecule has 1 aliphatic rings. The molecule has 0 bridgehead atoms. The maximum atomic E-state index is 13.2. The molecule has 204 valence electrons. The molecule has 3 rings (SSSR count). The smallest absolute Gasteiger partial charge is 0.410 e. The molecule has 9 nitrogen and oxygen atoms in total. The molecule has 0 radical (unpaired) electrons. The topological polar surface area (TPSA) is 108 Å². The Balaban J connectivity index is 1.56. The molecule has 1 atom stereocenters. The number of likely N-dealkylation sites (N-methyl/N-ethyl adjacent to an activating group) is 1. The van der Waals surface area contributed by atoms with Crippen LogP contribution < -0.4 is 16.0 Å². The second-order valence-corrected chi connectivity index (χ2v) is 10.4. The number of hydrogen-bond acceptors (Lipinski definition) is 7. The van der Waals surface area contributed by atoms with Crippen LogP contribution >= 0.6 is 0 Å². The van der Waals surface area contributed by atoms with E-state index in [1.165, 1.54) is 17.0 Å². The number of halogens is 1. The summed E-state index contributed by atoms with van der Waals surface area (Å²) in [5.41, 5.74) is 0.738. The van der Waals surface area contributed by atoms with Crippen molar-refractivity contribution in [1.29, 1.82) is 0 Å². The number of ether oxygens (including phenoxy) is 1. The quantitative estimate of drug-likeness (QED) is 0.430. The maximum absolute atomic E-state index is 13.2. The van der Waals surface area contributed by atoms with Crippen LogP contribution in [0, 0.1) is 23.6 Å². The molecular weight excluding hydrogens is 487 g/mol. The fourth-order valence-corrected chi connectivity index (χ4v) is 3.60. The highest BCUT2D eigenvalue weighted by molar-refractivity contribution is 5.85. The van der Waals surface area contributed by atoms with Gasteiger partial charge in [-0.15, -0.1) is 0 Å². The fraction of sp³-hybridized carbons (Fsp3) is 0.500. The summed E-state index contributed by atoms with van der Waals surface area (Å²) in [6.07, 6.45) is 3.50. The molecule has 1 saturated carbocycles. The molecule has 38 heavy (non-hydrogen) atoms. The normalized spacial score (nSPS) is 17.2. The molecular formula is C28H37FN6O3. The van der Waals surface area contributed by atoms with Crippen LogP contribution in [0.1, 0.15) is 59.4 Å². The number of rotatable bonds is 8. The first-order chi connectivity index (χ1) is 17.9. The summed E-state index contributed by atoms with van der Waals surface area (Å²) in [4.78, 5) is 35.1. The predicted molar refractivity (Wildman–Crippen MR) is 145 cm³/mol. The van der Waals surface area contributed by atoms with E-state index in [4.69, 9.17) is 4.74 Å². The second kappa shape index (κ2) is 12.6. The molecule has 0 saturated heterocycles. The number of amides is 2. The molecule has 0 unspecified atom stereocenters. The Morgan fingerprint density at radius 3 is 2.55 bits per heavy atom. The first kappa shape index (κ1) is 28.7. The predicted octanol–water partition coefficient (Wildman–Crippen LogP) is 4.68. The fourth-order valence-electron chi connectivity index (χ4n) is 3.60. The van der Waals surface area contributed by atoms with Gasteiger partial charge in [-0.1, -0.05) is 18.8 Å². The molecule has 1 aromatic carbocycles. The minimum absolute atomic E-state index is 0.00695. The molecule has 0 spiro atoms. The largest absolute Gasteiger partial charge is 0.444 e. The Morgan fingerprint density at radius 1 is 1.24 bits per heavy atom. The summed E-state index contributed by atoms with van der Waals surface area (Å²) in [5.74, 6) is 7.05. The van der Waals surface area contributed by atoms with E-state index in [1.54, 1.807) is 53.1 Å². The lowest BCUT2D eigenvalue weighted by atomic mass is 9.80. The Bertz CT molecular complexity index is 1180. The van der Waals surface area contributed by atoms with Crippen LogP contribution in [-0.2, 0) is 9.53 Å². The average molecular weight is 525 g/mol. The monoisotopic (exact) mass is 524 g/mol. The SMILES string of the molecule is CCCNc1nc(Nc2ccc(F)cc2)ncc1C#C[C@H]1C[C@@H](NC(=O)[C@H](C)N(C)C(=O)OC(C)(C)C)C1. The van der Waals surface area contributed by atoms with Crippen LogP contribution in [0.2, 0.25) is 0 Å². The van der Waals surface area contributed by atoms with Crippen molar-refractivity contribution in [1.82, 2.24) is 20.2 Å². The number of benzene rings is 1. The summed E-state index contributed by atoms with van der Waals surface area (Å²) in [7, 11) is 1.56. The van der Waals surface area contributed by atoms with Gasteiger partial charge < -0.3 is 20.7 Å². The molecule has 1 heterocycles. The zero-order chi connectivity index (χ0) is 27.9. The standard InChI is InChI=1S/C28H37FN6O3/c1-7-14-30-24-20(17-31-26(34-24)33-22-12-10-21(29)11-13-22)9-8-19-15-23(16-19)32-25(36)18(2)35(6)27(37)38-28(3,4)5/h10-13,17-19,23H,7,14-16H2,1-6H3,(H,32,36)(H2,30,31,33,34)/t18-,19-,23+/m0/s1. The van der Waals surface area contributed by atoms with E-state index in [0.717, 1.165) is 25.8 Å². The number of anilines is 3. The van der Waals surface area contributed by atoms with Crippen molar-refractivity contribution in [2.45, 2.75) is 71.6 Å². The Hall–Kier alpha value is -3.87. The van der Waals surface area contributed by atoms with Gasteiger partial charge >= 0.3 is 6.09 Å². The van der Waals surface area contributed by atoms with Crippen molar-refractivity contribution in [2.75, 3.05) is 24.2 Å². The lowest BCUT2D eigenvalue weighted by Gasteiger charge is -2.34. The van der Waals surface area contributed by atoms with E-state index < -0.39 is 17.7 Å². The molecule has 2 aromatic rings. The number of hydrogen-bond donors (Lipinski definition) is 3. The van der Waals surface area contributed by atoms with Crippen molar-refractivity contribution < 1.29 is 18.7 Å². The maximum Gasteiger partial charge on any atom is 0.410 e. The van der Waals surface area contributed by atoms with Gasteiger partial charge in [-0.25, -0.2) is 14.2 Å². The first-order valence-electron chi connectivity index (χ1n) is 12.9. The van der Waals surface area contributed by atoms with Crippen molar-refractivity contribution in [3.05, 3.63) is 41.8 Å². The highest BCUT2D eigenvalue weighted by Gasteiger charge is 2.32. The third-order valence-corrected chi connectivity index (χ3v) is 5.97. The highest BCUT2D eigenvalue weighted by Crippen LogP contribution is 2.27. The van der Waals surface area contributed by atoms with Crippen molar-refractivity contribution >= 4 is 29.5 Å². The minimum Gasteiger partial charge on any atom is -0.444 e. The molecule has 0 aliphatic heterocycles. The Labute approximate surface area is 224 Å². The van der Waals surface area contributed by atoms with Crippen molar-refractivity contribution in [3.8, 4) is 11.8 Å². The summed E-state index contributed by atoms with van der Waals surface area (Å²) in [6, 6.07) is 5.33. The lowest BCUT2D eigenvalue weighted by molar-refractivity contribution is -0.126. The number of carbonyl (C=O) groups excluding carboxylic acids is 2. The van der Waals surface area contributed by atoms with E-state index in [-0.39, 0.29) is 23.7 Å². The number of nitrogens with zero attached hydrogens (tertiary/aromatic N) is 3. The molecule has 1 fully saturated rings. The summed E-state index contributed by atoms with van der Waals surface area (Å²) < 4.78 is 18.5. The van der Waals surface area contributed by atoms with Crippen LogP contribution in [0.5, 0.6) is 0 Å². The van der Waals surface area contributed by atoms with Crippen LogP contribution in [0.25, 0.3) is 0 Å². The summed E-state index contributed by atoms with van der Waals surface area (Å²) in [5, 5.41) is 9.35. The van der Waals surface area contributed by atoms with Gasteiger partial charge in [0.1, 0.15) is 23.3 Å².